The zero-order chi connectivity index (χ0) is 19.2. The van der Waals surface area contributed by atoms with Crippen LogP contribution in [0.15, 0.2) is 41.6 Å². The maximum absolute atomic E-state index is 13.0. The summed E-state index contributed by atoms with van der Waals surface area (Å²) in [6.45, 7) is 2.79. The third-order valence-corrected chi connectivity index (χ3v) is 7.02. The highest BCUT2D eigenvalue weighted by Gasteiger charge is 2.25. The molecule has 0 bridgehead atoms. The number of halogens is 2. The first kappa shape index (κ1) is 20.5. The Morgan fingerprint density at radius 1 is 1.19 bits per heavy atom. The number of hydrogen-bond donors (Lipinski definition) is 0. The van der Waals surface area contributed by atoms with Crippen LogP contribution in [0.5, 0.6) is 0 Å². The Labute approximate surface area is 175 Å². The average Bonchev–Trinajstić information content (AvgIpc) is 2.69. The minimum atomic E-state index is 0.0829. The Balaban J connectivity index is 1.71. The Morgan fingerprint density at radius 2 is 1.89 bits per heavy atom. The maximum Gasteiger partial charge on any atom is 0.255 e. The molecule has 0 aliphatic heterocycles. The van der Waals surface area contributed by atoms with E-state index in [1.165, 1.54) is 19.3 Å². The van der Waals surface area contributed by atoms with Gasteiger partial charge in [-0.05, 0) is 43.5 Å². The summed E-state index contributed by atoms with van der Waals surface area (Å²) in [5.74, 6) is 0.743. The van der Waals surface area contributed by atoms with Gasteiger partial charge in [0.15, 0.2) is 0 Å². The summed E-state index contributed by atoms with van der Waals surface area (Å²) in [6.07, 6.45) is 9.38. The van der Waals surface area contributed by atoms with Crippen LogP contribution in [0, 0.1) is 0 Å². The molecule has 6 heteroatoms. The van der Waals surface area contributed by atoms with E-state index in [1.54, 1.807) is 24.2 Å². The van der Waals surface area contributed by atoms with Gasteiger partial charge in [-0.15, -0.1) is 11.8 Å². The van der Waals surface area contributed by atoms with E-state index in [-0.39, 0.29) is 5.91 Å². The van der Waals surface area contributed by atoms with Crippen LogP contribution in [-0.4, -0.2) is 28.4 Å². The normalized spacial score (nSPS) is 14.9. The SMILES string of the molecule is CCN(C(=O)c1cncc(CSc2c(Cl)cccc2Cl)c1)C1CCCCC1. The van der Waals surface area contributed by atoms with Gasteiger partial charge in [-0.3, -0.25) is 9.78 Å². The molecule has 1 aliphatic rings. The van der Waals surface area contributed by atoms with E-state index in [0.29, 0.717) is 27.4 Å². The van der Waals surface area contributed by atoms with E-state index in [9.17, 15) is 4.79 Å². The Hall–Kier alpha value is -1.23. The van der Waals surface area contributed by atoms with Crippen LogP contribution in [-0.2, 0) is 5.75 Å². The molecular formula is C21H24Cl2N2OS. The summed E-state index contributed by atoms with van der Waals surface area (Å²) < 4.78 is 0. The minimum absolute atomic E-state index is 0.0829. The first-order valence-corrected chi connectivity index (χ1v) is 11.2. The van der Waals surface area contributed by atoms with Crippen molar-refractivity contribution in [3.8, 4) is 0 Å². The monoisotopic (exact) mass is 422 g/mol. The lowest BCUT2D eigenvalue weighted by atomic mass is 9.93. The second-order valence-electron chi connectivity index (χ2n) is 6.80. The summed E-state index contributed by atoms with van der Waals surface area (Å²) in [4.78, 5) is 20.2. The number of aromatic nitrogens is 1. The first-order chi connectivity index (χ1) is 13.1. The predicted molar refractivity (Wildman–Crippen MR) is 114 cm³/mol. The Bertz CT molecular complexity index is 773. The molecule has 144 valence electrons. The molecule has 0 atom stereocenters. The van der Waals surface area contributed by atoms with Gasteiger partial charge in [0.05, 0.1) is 15.6 Å². The lowest BCUT2D eigenvalue weighted by Gasteiger charge is -2.33. The number of nitrogens with zero attached hydrogens (tertiary/aromatic N) is 2. The van der Waals surface area contributed by atoms with E-state index in [1.807, 2.05) is 29.2 Å². The van der Waals surface area contributed by atoms with Gasteiger partial charge >= 0.3 is 0 Å². The molecule has 0 N–H and O–H groups in total. The minimum Gasteiger partial charge on any atom is -0.336 e. The summed E-state index contributed by atoms with van der Waals surface area (Å²) >= 11 is 14.0. The maximum atomic E-state index is 13.0. The molecule has 1 aromatic heterocycles. The zero-order valence-corrected chi connectivity index (χ0v) is 17.8. The van der Waals surface area contributed by atoms with Crippen LogP contribution in [0.3, 0.4) is 0 Å². The van der Waals surface area contributed by atoms with E-state index in [4.69, 9.17) is 23.2 Å². The second-order valence-corrected chi connectivity index (χ2v) is 8.60. The molecule has 0 spiro atoms. The number of rotatable bonds is 6. The van der Waals surface area contributed by atoms with Crippen molar-refractivity contribution in [1.29, 1.82) is 0 Å². The third kappa shape index (κ3) is 5.18. The number of thioether (sulfide) groups is 1. The fourth-order valence-electron chi connectivity index (χ4n) is 3.59. The van der Waals surface area contributed by atoms with Crippen molar-refractivity contribution in [2.75, 3.05) is 6.54 Å². The molecule has 1 amide bonds. The van der Waals surface area contributed by atoms with Crippen molar-refractivity contribution in [2.24, 2.45) is 0 Å². The van der Waals surface area contributed by atoms with Crippen molar-refractivity contribution in [2.45, 2.75) is 55.7 Å². The lowest BCUT2D eigenvalue weighted by Crippen LogP contribution is -2.41. The quantitative estimate of drug-likeness (QED) is 0.499. The summed E-state index contributed by atoms with van der Waals surface area (Å²) in [6, 6.07) is 7.80. The van der Waals surface area contributed by atoms with Gasteiger partial charge in [0.25, 0.3) is 5.91 Å². The zero-order valence-electron chi connectivity index (χ0n) is 15.5. The topological polar surface area (TPSA) is 33.2 Å². The Kier molecular flexibility index (Phi) is 7.45. The van der Waals surface area contributed by atoms with Crippen LogP contribution in [0.2, 0.25) is 10.0 Å². The Morgan fingerprint density at radius 3 is 2.56 bits per heavy atom. The van der Waals surface area contributed by atoms with Crippen molar-refractivity contribution in [3.63, 3.8) is 0 Å². The van der Waals surface area contributed by atoms with Crippen LogP contribution in [0.25, 0.3) is 0 Å². The summed E-state index contributed by atoms with van der Waals surface area (Å²) in [7, 11) is 0. The van der Waals surface area contributed by atoms with Gasteiger partial charge < -0.3 is 4.90 Å². The molecule has 1 aromatic carbocycles. The molecule has 0 radical (unpaired) electrons. The summed E-state index contributed by atoms with van der Waals surface area (Å²) in [5, 5.41) is 1.28. The number of amides is 1. The number of carbonyl (C=O) groups excluding carboxylic acids is 1. The van der Waals surface area contributed by atoms with Crippen LogP contribution < -0.4 is 0 Å². The van der Waals surface area contributed by atoms with Crippen molar-refractivity contribution >= 4 is 40.9 Å². The molecule has 1 heterocycles. The number of carbonyl (C=O) groups is 1. The standard InChI is InChI=1S/C21H24Cl2N2OS/c1-2-25(17-7-4-3-5-8-17)21(26)16-11-15(12-24-13-16)14-27-20-18(22)9-6-10-19(20)23/h6,9-13,17H,2-5,7-8,14H2,1H3. The fraction of sp³-hybridized carbons (Fsp3) is 0.429. The van der Waals surface area contributed by atoms with E-state index >= 15 is 0 Å². The van der Waals surface area contributed by atoms with Crippen LogP contribution in [0.1, 0.15) is 54.9 Å². The molecule has 0 saturated heterocycles. The molecule has 0 unspecified atom stereocenters. The van der Waals surface area contributed by atoms with Crippen molar-refractivity contribution < 1.29 is 4.79 Å². The molecule has 1 saturated carbocycles. The number of pyridine rings is 1. The van der Waals surface area contributed by atoms with Gasteiger partial charge in [-0.1, -0.05) is 48.5 Å². The first-order valence-electron chi connectivity index (χ1n) is 9.42. The van der Waals surface area contributed by atoms with Gasteiger partial charge in [0.2, 0.25) is 0 Å². The van der Waals surface area contributed by atoms with E-state index in [2.05, 4.69) is 11.9 Å². The fourth-order valence-corrected chi connectivity index (χ4v) is 5.19. The van der Waals surface area contributed by atoms with Gasteiger partial charge in [-0.2, -0.15) is 0 Å². The highest BCUT2D eigenvalue weighted by molar-refractivity contribution is 7.98. The smallest absolute Gasteiger partial charge is 0.255 e. The van der Waals surface area contributed by atoms with E-state index in [0.717, 1.165) is 29.8 Å². The molecule has 3 nitrogen and oxygen atoms in total. The van der Waals surface area contributed by atoms with Gasteiger partial charge in [0.1, 0.15) is 0 Å². The van der Waals surface area contributed by atoms with Crippen molar-refractivity contribution in [3.05, 3.63) is 57.8 Å². The highest BCUT2D eigenvalue weighted by Crippen LogP contribution is 2.35. The molecule has 1 fully saturated rings. The van der Waals surface area contributed by atoms with Crippen molar-refractivity contribution in [1.82, 2.24) is 9.88 Å². The lowest BCUT2D eigenvalue weighted by molar-refractivity contribution is 0.0647. The molecule has 1 aliphatic carbocycles. The molecule has 2 aromatic rings. The average molecular weight is 423 g/mol. The molecule has 3 rings (SSSR count). The predicted octanol–water partition coefficient (Wildman–Crippen LogP) is 6.48. The second kappa shape index (κ2) is 9.81. The van der Waals surface area contributed by atoms with Crippen LogP contribution in [0.4, 0.5) is 0 Å². The number of hydrogen-bond acceptors (Lipinski definition) is 3. The van der Waals surface area contributed by atoms with Crippen LogP contribution >= 0.6 is 35.0 Å². The summed E-state index contributed by atoms with van der Waals surface area (Å²) in [5.41, 5.74) is 1.65. The van der Waals surface area contributed by atoms with Gasteiger partial charge in [0, 0.05) is 35.6 Å². The van der Waals surface area contributed by atoms with Gasteiger partial charge in [-0.25, -0.2) is 0 Å². The highest BCUT2D eigenvalue weighted by atomic mass is 35.5. The largest absolute Gasteiger partial charge is 0.336 e. The molecule has 27 heavy (non-hydrogen) atoms. The number of benzene rings is 1. The third-order valence-electron chi connectivity index (χ3n) is 4.96. The molecular weight excluding hydrogens is 399 g/mol. The van der Waals surface area contributed by atoms with E-state index < -0.39 is 0 Å².